The molecule has 1 aromatic heterocycles. The lowest BCUT2D eigenvalue weighted by molar-refractivity contribution is 0.316. The van der Waals surface area contributed by atoms with Crippen LogP contribution in [0.1, 0.15) is 31.7 Å². The monoisotopic (exact) mass is 282 g/mol. The molecule has 1 aliphatic carbocycles. The summed E-state index contributed by atoms with van der Waals surface area (Å²) in [5, 5.41) is 3.53. The minimum atomic E-state index is 0.733. The van der Waals surface area contributed by atoms with Crippen LogP contribution in [-0.2, 0) is 6.54 Å². The first kappa shape index (κ1) is 14.1. The molecule has 1 aliphatic rings. The molecule has 0 radical (unpaired) electrons. The number of nitrogens with zero attached hydrogens (tertiary/aromatic N) is 1. The fraction of sp³-hybridized carbons (Fsp3) is 0.389. The summed E-state index contributed by atoms with van der Waals surface area (Å²) in [7, 11) is 0. The Labute approximate surface area is 126 Å². The maximum absolute atomic E-state index is 5.64. The predicted molar refractivity (Wildman–Crippen MR) is 85.3 cm³/mol. The van der Waals surface area contributed by atoms with Gasteiger partial charge in [0.1, 0.15) is 5.75 Å². The van der Waals surface area contributed by atoms with E-state index in [2.05, 4.69) is 47.6 Å². The molecule has 1 saturated carbocycles. The lowest BCUT2D eigenvalue weighted by Gasteiger charge is -2.08. The van der Waals surface area contributed by atoms with E-state index in [9.17, 15) is 0 Å². The molecule has 1 aromatic carbocycles. The summed E-state index contributed by atoms with van der Waals surface area (Å²) < 4.78 is 5.64. The maximum Gasteiger partial charge on any atom is 0.138 e. The second kappa shape index (κ2) is 6.72. The molecule has 1 heterocycles. The summed E-state index contributed by atoms with van der Waals surface area (Å²) in [6, 6.07) is 11.5. The smallest absolute Gasteiger partial charge is 0.138 e. The van der Waals surface area contributed by atoms with Crippen LogP contribution in [0.4, 0.5) is 0 Å². The van der Waals surface area contributed by atoms with Gasteiger partial charge in [-0.25, -0.2) is 0 Å². The zero-order valence-electron chi connectivity index (χ0n) is 12.5. The second-order valence-corrected chi connectivity index (χ2v) is 5.61. The van der Waals surface area contributed by atoms with Gasteiger partial charge in [0, 0.05) is 24.3 Å². The summed E-state index contributed by atoms with van der Waals surface area (Å²) in [6.07, 6.45) is 7.32. The number of hydrogen-bond acceptors (Lipinski definition) is 3. The van der Waals surface area contributed by atoms with Crippen LogP contribution in [0.2, 0.25) is 0 Å². The van der Waals surface area contributed by atoms with Gasteiger partial charge in [-0.2, -0.15) is 0 Å². The van der Waals surface area contributed by atoms with Gasteiger partial charge in [0.25, 0.3) is 0 Å². The van der Waals surface area contributed by atoms with Gasteiger partial charge in [0.05, 0.1) is 12.8 Å². The summed E-state index contributed by atoms with van der Waals surface area (Å²) >= 11 is 0. The molecule has 1 N–H and O–H groups in total. The predicted octanol–water partition coefficient (Wildman–Crippen LogP) is 3.79. The molecule has 0 spiro atoms. The Hall–Kier alpha value is -1.87. The van der Waals surface area contributed by atoms with Crippen LogP contribution in [-0.4, -0.2) is 17.6 Å². The van der Waals surface area contributed by atoms with E-state index < -0.39 is 0 Å². The summed E-state index contributed by atoms with van der Waals surface area (Å²) in [5.74, 6) is 0.842. The minimum Gasteiger partial charge on any atom is -0.492 e. The zero-order valence-corrected chi connectivity index (χ0v) is 12.5. The fourth-order valence-corrected chi connectivity index (χ4v) is 2.24. The van der Waals surface area contributed by atoms with Gasteiger partial charge < -0.3 is 10.1 Å². The molecule has 110 valence electrons. The van der Waals surface area contributed by atoms with Gasteiger partial charge in [-0.1, -0.05) is 31.2 Å². The van der Waals surface area contributed by atoms with Gasteiger partial charge in [0.15, 0.2) is 0 Å². The van der Waals surface area contributed by atoms with E-state index in [1.165, 1.54) is 24.0 Å². The zero-order chi connectivity index (χ0) is 14.5. The van der Waals surface area contributed by atoms with Crippen molar-refractivity contribution in [1.82, 2.24) is 10.3 Å². The molecule has 1 fully saturated rings. The molecule has 0 saturated heterocycles. The SMILES string of the molecule is CCCOc1cncc(-c2ccc(CNC3CC3)cc2)c1. The number of rotatable bonds is 7. The quantitative estimate of drug-likeness (QED) is 0.839. The Morgan fingerprint density at radius 3 is 2.67 bits per heavy atom. The Balaban J connectivity index is 1.67. The molecular formula is C18H22N2O. The third-order valence-electron chi connectivity index (χ3n) is 3.65. The summed E-state index contributed by atoms with van der Waals surface area (Å²) in [5.41, 5.74) is 3.61. The van der Waals surface area contributed by atoms with Crippen molar-refractivity contribution in [2.24, 2.45) is 0 Å². The Bertz CT molecular complexity index is 576. The van der Waals surface area contributed by atoms with Crippen LogP contribution in [0.5, 0.6) is 5.75 Å². The van der Waals surface area contributed by atoms with Crippen LogP contribution in [0, 0.1) is 0 Å². The molecular weight excluding hydrogens is 260 g/mol. The largest absolute Gasteiger partial charge is 0.492 e. The van der Waals surface area contributed by atoms with Crippen molar-refractivity contribution in [3.05, 3.63) is 48.3 Å². The van der Waals surface area contributed by atoms with Gasteiger partial charge >= 0.3 is 0 Å². The highest BCUT2D eigenvalue weighted by molar-refractivity contribution is 5.64. The molecule has 3 heteroatoms. The average molecular weight is 282 g/mol. The van der Waals surface area contributed by atoms with Gasteiger partial charge in [-0.05, 0) is 36.5 Å². The number of ether oxygens (including phenoxy) is 1. The van der Waals surface area contributed by atoms with Gasteiger partial charge in [0.2, 0.25) is 0 Å². The van der Waals surface area contributed by atoms with Crippen molar-refractivity contribution in [2.45, 2.75) is 38.8 Å². The Morgan fingerprint density at radius 2 is 1.95 bits per heavy atom. The first-order valence-electron chi connectivity index (χ1n) is 7.75. The summed E-state index contributed by atoms with van der Waals surface area (Å²) in [4.78, 5) is 4.27. The van der Waals surface area contributed by atoms with E-state index in [0.717, 1.165) is 36.9 Å². The highest BCUT2D eigenvalue weighted by Gasteiger charge is 2.19. The molecule has 0 unspecified atom stereocenters. The molecule has 2 aromatic rings. The van der Waals surface area contributed by atoms with E-state index in [0.29, 0.717) is 0 Å². The van der Waals surface area contributed by atoms with E-state index >= 15 is 0 Å². The third-order valence-corrected chi connectivity index (χ3v) is 3.65. The molecule has 3 nitrogen and oxygen atoms in total. The van der Waals surface area contributed by atoms with Crippen molar-refractivity contribution in [3.63, 3.8) is 0 Å². The number of pyridine rings is 1. The van der Waals surface area contributed by atoms with Crippen LogP contribution in [0.3, 0.4) is 0 Å². The maximum atomic E-state index is 5.64. The number of hydrogen-bond donors (Lipinski definition) is 1. The number of aromatic nitrogens is 1. The molecule has 0 atom stereocenters. The van der Waals surface area contributed by atoms with E-state index in [4.69, 9.17) is 4.74 Å². The molecule has 3 rings (SSSR count). The number of nitrogens with one attached hydrogen (secondary N) is 1. The highest BCUT2D eigenvalue weighted by atomic mass is 16.5. The van der Waals surface area contributed by atoms with E-state index in [-0.39, 0.29) is 0 Å². The van der Waals surface area contributed by atoms with E-state index in [1.807, 2.05) is 6.20 Å². The standard InChI is InChI=1S/C18H22N2O/c1-2-9-21-18-10-16(12-19-13-18)15-5-3-14(4-6-15)11-20-17-7-8-17/h3-6,10,12-13,17,20H,2,7-9,11H2,1H3. The molecule has 21 heavy (non-hydrogen) atoms. The third kappa shape index (κ3) is 4.05. The first-order chi connectivity index (χ1) is 10.3. The van der Waals surface area contributed by atoms with E-state index in [1.54, 1.807) is 6.20 Å². The van der Waals surface area contributed by atoms with Crippen molar-refractivity contribution in [3.8, 4) is 16.9 Å². The lowest BCUT2D eigenvalue weighted by atomic mass is 10.1. The van der Waals surface area contributed by atoms with Gasteiger partial charge in [-0.3, -0.25) is 4.98 Å². The topological polar surface area (TPSA) is 34.1 Å². The second-order valence-electron chi connectivity index (χ2n) is 5.61. The van der Waals surface area contributed by atoms with Crippen LogP contribution >= 0.6 is 0 Å². The average Bonchev–Trinajstić information content (AvgIpc) is 3.36. The first-order valence-corrected chi connectivity index (χ1v) is 7.75. The summed E-state index contributed by atoms with van der Waals surface area (Å²) in [6.45, 7) is 3.80. The molecule has 0 bridgehead atoms. The van der Waals surface area contributed by atoms with Crippen molar-refractivity contribution >= 4 is 0 Å². The Morgan fingerprint density at radius 1 is 1.14 bits per heavy atom. The fourth-order valence-electron chi connectivity index (χ4n) is 2.24. The van der Waals surface area contributed by atoms with Crippen LogP contribution in [0.15, 0.2) is 42.7 Å². The van der Waals surface area contributed by atoms with Crippen molar-refractivity contribution in [2.75, 3.05) is 6.61 Å². The Kier molecular flexibility index (Phi) is 4.51. The van der Waals surface area contributed by atoms with Crippen molar-refractivity contribution in [1.29, 1.82) is 0 Å². The van der Waals surface area contributed by atoms with Crippen LogP contribution in [0.25, 0.3) is 11.1 Å². The minimum absolute atomic E-state index is 0.733. The van der Waals surface area contributed by atoms with Gasteiger partial charge in [-0.15, -0.1) is 0 Å². The van der Waals surface area contributed by atoms with Crippen molar-refractivity contribution < 1.29 is 4.74 Å². The highest BCUT2D eigenvalue weighted by Crippen LogP contribution is 2.24. The van der Waals surface area contributed by atoms with Crippen LogP contribution < -0.4 is 10.1 Å². The normalized spacial score (nSPS) is 14.1. The molecule has 0 aliphatic heterocycles. The molecule has 0 amide bonds. The lowest BCUT2D eigenvalue weighted by Crippen LogP contribution is -2.14. The number of benzene rings is 1.